The Kier molecular flexibility index (Phi) is 3.38. The summed E-state index contributed by atoms with van der Waals surface area (Å²) in [6, 6.07) is 12.0. The number of fused-ring (bicyclic) bond motifs is 1. The molecular formula is C15H12ClN3. The number of aromatic nitrogens is 3. The molecule has 4 heteroatoms. The van der Waals surface area contributed by atoms with Crippen molar-refractivity contribution in [2.45, 2.75) is 12.8 Å². The average molecular weight is 270 g/mol. The van der Waals surface area contributed by atoms with Gasteiger partial charge >= 0.3 is 0 Å². The molecule has 3 nitrogen and oxygen atoms in total. The second-order valence-electron chi connectivity index (χ2n) is 4.34. The number of nitrogens with zero attached hydrogens (tertiary/aromatic N) is 3. The first-order valence-corrected chi connectivity index (χ1v) is 6.51. The molecule has 0 unspecified atom stereocenters. The van der Waals surface area contributed by atoms with Crippen molar-refractivity contribution in [3.05, 3.63) is 65.2 Å². The average Bonchev–Trinajstić information content (AvgIpc) is 2.48. The molecule has 0 bridgehead atoms. The van der Waals surface area contributed by atoms with Gasteiger partial charge in [0.25, 0.3) is 0 Å². The summed E-state index contributed by atoms with van der Waals surface area (Å²) in [5.74, 6) is 0. The molecule has 2 heterocycles. The standard InChI is InChI=1S/C15H12ClN3/c16-15-13-6-2-1-5-12(13)14(18-19-15)8-7-11-4-3-9-17-10-11/h1-6,9-10H,7-8H2. The van der Waals surface area contributed by atoms with Crippen LogP contribution in [0.1, 0.15) is 11.3 Å². The van der Waals surface area contributed by atoms with Gasteiger partial charge in [0, 0.05) is 23.2 Å². The van der Waals surface area contributed by atoms with E-state index >= 15 is 0 Å². The normalized spacial score (nSPS) is 10.8. The summed E-state index contributed by atoms with van der Waals surface area (Å²) in [5.41, 5.74) is 2.17. The van der Waals surface area contributed by atoms with Crippen molar-refractivity contribution in [2.75, 3.05) is 0 Å². The molecular weight excluding hydrogens is 258 g/mol. The smallest absolute Gasteiger partial charge is 0.159 e. The van der Waals surface area contributed by atoms with Gasteiger partial charge in [0.05, 0.1) is 5.69 Å². The van der Waals surface area contributed by atoms with E-state index < -0.39 is 0 Å². The first-order valence-electron chi connectivity index (χ1n) is 6.13. The van der Waals surface area contributed by atoms with E-state index in [-0.39, 0.29) is 0 Å². The van der Waals surface area contributed by atoms with E-state index in [1.54, 1.807) is 6.20 Å². The zero-order valence-electron chi connectivity index (χ0n) is 10.3. The molecule has 0 atom stereocenters. The molecule has 0 saturated carbocycles. The predicted octanol–water partition coefficient (Wildman–Crippen LogP) is 3.46. The molecule has 0 aliphatic heterocycles. The van der Waals surface area contributed by atoms with Crippen molar-refractivity contribution in [3.8, 4) is 0 Å². The Morgan fingerprint density at radius 3 is 2.53 bits per heavy atom. The fourth-order valence-electron chi connectivity index (χ4n) is 2.12. The largest absolute Gasteiger partial charge is 0.264 e. The summed E-state index contributed by atoms with van der Waals surface area (Å²) >= 11 is 6.06. The lowest BCUT2D eigenvalue weighted by Crippen LogP contribution is -1.99. The minimum Gasteiger partial charge on any atom is -0.264 e. The van der Waals surface area contributed by atoms with E-state index in [0.29, 0.717) is 5.15 Å². The van der Waals surface area contributed by atoms with Crippen LogP contribution in [0.3, 0.4) is 0 Å². The molecule has 3 rings (SSSR count). The number of halogens is 1. The van der Waals surface area contributed by atoms with E-state index in [9.17, 15) is 0 Å². The molecule has 0 fully saturated rings. The van der Waals surface area contributed by atoms with Crippen molar-refractivity contribution < 1.29 is 0 Å². The minimum atomic E-state index is 0.459. The molecule has 0 aliphatic rings. The van der Waals surface area contributed by atoms with Gasteiger partial charge in [0.2, 0.25) is 0 Å². The van der Waals surface area contributed by atoms with Crippen LogP contribution in [0.2, 0.25) is 5.15 Å². The third kappa shape index (κ3) is 2.56. The van der Waals surface area contributed by atoms with Crippen LogP contribution in [-0.4, -0.2) is 15.2 Å². The topological polar surface area (TPSA) is 38.7 Å². The first kappa shape index (κ1) is 12.1. The quantitative estimate of drug-likeness (QED) is 0.731. The predicted molar refractivity (Wildman–Crippen MR) is 76.2 cm³/mol. The summed E-state index contributed by atoms with van der Waals surface area (Å²) in [7, 11) is 0. The second-order valence-corrected chi connectivity index (χ2v) is 4.70. The number of hydrogen-bond acceptors (Lipinski definition) is 3. The van der Waals surface area contributed by atoms with Crippen molar-refractivity contribution in [1.29, 1.82) is 0 Å². The van der Waals surface area contributed by atoms with Crippen molar-refractivity contribution >= 4 is 22.4 Å². The highest BCUT2D eigenvalue weighted by molar-refractivity contribution is 6.34. The highest BCUT2D eigenvalue weighted by Gasteiger charge is 2.07. The van der Waals surface area contributed by atoms with E-state index in [1.807, 2.05) is 36.5 Å². The SMILES string of the molecule is Clc1nnc(CCc2cccnc2)c2ccccc12. The zero-order valence-corrected chi connectivity index (χ0v) is 11.0. The molecule has 0 amide bonds. The summed E-state index contributed by atoms with van der Waals surface area (Å²) in [5, 5.41) is 10.7. The molecule has 3 aromatic rings. The fourth-order valence-corrected chi connectivity index (χ4v) is 2.32. The zero-order chi connectivity index (χ0) is 13.1. The summed E-state index contributed by atoms with van der Waals surface area (Å²) in [6.45, 7) is 0. The maximum Gasteiger partial charge on any atom is 0.159 e. The van der Waals surface area contributed by atoms with Gasteiger partial charge in [0.1, 0.15) is 0 Å². The number of pyridine rings is 1. The molecule has 1 aromatic carbocycles. The number of aryl methyl sites for hydroxylation is 2. The lowest BCUT2D eigenvalue weighted by atomic mass is 10.1. The number of benzene rings is 1. The highest BCUT2D eigenvalue weighted by Crippen LogP contribution is 2.23. The van der Waals surface area contributed by atoms with Crippen LogP contribution in [0, 0.1) is 0 Å². The molecule has 19 heavy (non-hydrogen) atoms. The van der Waals surface area contributed by atoms with Crippen LogP contribution >= 0.6 is 11.6 Å². The van der Waals surface area contributed by atoms with Crippen LogP contribution in [0.5, 0.6) is 0 Å². The Labute approximate surface area is 116 Å². The minimum absolute atomic E-state index is 0.459. The molecule has 0 saturated heterocycles. The molecule has 0 N–H and O–H groups in total. The monoisotopic (exact) mass is 269 g/mol. The second kappa shape index (κ2) is 5.33. The van der Waals surface area contributed by atoms with Crippen LogP contribution in [0.15, 0.2) is 48.8 Å². The van der Waals surface area contributed by atoms with Gasteiger partial charge in [-0.3, -0.25) is 4.98 Å². The lowest BCUT2D eigenvalue weighted by Gasteiger charge is -2.05. The van der Waals surface area contributed by atoms with Crippen molar-refractivity contribution in [2.24, 2.45) is 0 Å². The summed E-state index contributed by atoms with van der Waals surface area (Å²) in [6.07, 6.45) is 5.39. The van der Waals surface area contributed by atoms with Crippen LogP contribution < -0.4 is 0 Å². The third-order valence-corrected chi connectivity index (χ3v) is 3.37. The molecule has 0 spiro atoms. The van der Waals surface area contributed by atoms with Crippen LogP contribution in [0.4, 0.5) is 0 Å². The van der Waals surface area contributed by atoms with Gasteiger partial charge in [-0.2, -0.15) is 5.10 Å². The molecule has 94 valence electrons. The maximum atomic E-state index is 6.06. The Bertz CT molecular complexity index is 698. The van der Waals surface area contributed by atoms with Gasteiger partial charge in [-0.05, 0) is 24.5 Å². The Balaban J connectivity index is 1.91. The highest BCUT2D eigenvalue weighted by atomic mass is 35.5. The number of hydrogen-bond donors (Lipinski definition) is 0. The van der Waals surface area contributed by atoms with Crippen LogP contribution in [-0.2, 0) is 12.8 Å². The Morgan fingerprint density at radius 1 is 0.895 bits per heavy atom. The van der Waals surface area contributed by atoms with Crippen molar-refractivity contribution in [3.63, 3.8) is 0 Å². The van der Waals surface area contributed by atoms with E-state index in [1.165, 1.54) is 5.56 Å². The number of rotatable bonds is 3. The third-order valence-electron chi connectivity index (χ3n) is 3.09. The Morgan fingerprint density at radius 2 is 1.74 bits per heavy atom. The maximum absolute atomic E-state index is 6.06. The first-order chi connectivity index (χ1) is 9.34. The van der Waals surface area contributed by atoms with Gasteiger partial charge < -0.3 is 0 Å². The molecule has 2 aromatic heterocycles. The summed E-state index contributed by atoms with van der Waals surface area (Å²) < 4.78 is 0. The van der Waals surface area contributed by atoms with Crippen molar-refractivity contribution in [1.82, 2.24) is 15.2 Å². The van der Waals surface area contributed by atoms with E-state index in [0.717, 1.165) is 29.3 Å². The van der Waals surface area contributed by atoms with Gasteiger partial charge in [-0.25, -0.2) is 0 Å². The Hall–Kier alpha value is -2.00. The summed E-state index contributed by atoms with van der Waals surface area (Å²) in [4.78, 5) is 4.12. The molecule has 0 radical (unpaired) electrons. The van der Waals surface area contributed by atoms with Gasteiger partial charge in [-0.15, -0.1) is 5.10 Å². The van der Waals surface area contributed by atoms with Gasteiger partial charge in [0.15, 0.2) is 5.15 Å². The van der Waals surface area contributed by atoms with E-state index in [4.69, 9.17) is 11.6 Å². The van der Waals surface area contributed by atoms with E-state index in [2.05, 4.69) is 21.2 Å². The fraction of sp³-hybridized carbons (Fsp3) is 0.133. The van der Waals surface area contributed by atoms with Crippen LogP contribution in [0.25, 0.3) is 10.8 Å². The van der Waals surface area contributed by atoms with Gasteiger partial charge in [-0.1, -0.05) is 41.9 Å². The molecule has 0 aliphatic carbocycles. The lowest BCUT2D eigenvalue weighted by molar-refractivity contribution is 0.871.